The van der Waals surface area contributed by atoms with Crippen LogP contribution < -0.4 is 42.4 Å². The van der Waals surface area contributed by atoms with Crippen molar-refractivity contribution < 1.29 is 48.2 Å². The van der Waals surface area contributed by atoms with Crippen molar-refractivity contribution in [2.75, 3.05) is 38.1 Å². The summed E-state index contributed by atoms with van der Waals surface area (Å²) in [5.74, 6) is -3.52. The maximum atomic E-state index is 13.3. The summed E-state index contributed by atoms with van der Waals surface area (Å²) in [4.78, 5) is 97.5. The Labute approximate surface area is 289 Å². The Morgan fingerprint density at radius 1 is 0.880 bits per heavy atom. The summed E-state index contributed by atoms with van der Waals surface area (Å²) in [6, 6.07) is 1.70. The summed E-state index contributed by atoms with van der Waals surface area (Å²) < 4.78 is 5.61. The van der Waals surface area contributed by atoms with Gasteiger partial charge in [0, 0.05) is 69.0 Å². The van der Waals surface area contributed by atoms with Crippen molar-refractivity contribution in [2.24, 2.45) is 11.7 Å². The number of nitrogens with one attached hydrogen (secondary N) is 6. The molecule has 9 amide bonds. The van der Waals surface area contributed by atoms with Gasteiger partial charge in [-0.15, -0.1) is 0 Å². The summed E-state index contributed by atoms with van der Waals surface area (Å²) in [6.45, 7) is 4.48. The fraction of sp³-hybridized carbons (Fsp3) is 0.500. The molecule has 0 spiro atoms. The largest absolute Gasteiger partial charge is 0.483 e. The van der Waals surface area contributed by atoms with Gasteiger partial charge in [0.1, 0.15) is 17.8 Å². The van der Waals surface area contributed by atoms with E-state index in [1.807, 2.05) is 0 Å². The van der Waals surface area contributed by atoms with Crippen molar-refractivity contribution in [1.82, 2.24) is 31.5 Å². The Morgan fingerprint density at radius 2 is 1.52 bits per heavy atom. The molecule has 9 N–H and O–H groups in total. The van der Waals surface area contributed by atoms with E-state index in [9.17, 15) is 43.5 Å². The lowest BCUT2D eigenvalue weighted by atomic mass is 10.0. The summed E-state index contributed by atoms with van der Waals surface area (Å²) >= 11 is 0. The van der Waals surface area contributed by atoms with E-state index in [-0.39, 0.29) is 68.7 Å². The molecule has 18 nitrogen and oxygen atoms in total. The van der Waals surface area contributed by atoms with Crippen LogP contribution in [0.5, 0.6) is 5.75 Å². The fourth-order valence-electron chi connectivity index (χ4n) is 4.62. The number of hydrogen-bond donors (Lipinski definition) is 8. The number of primary amides is 1. The number of rotatable bonds is 21. The average molecular weight is 703 g/mol. The van der Waals surface area contributed by atoms with Crippen LogP contribution in [0.2, 0.25) is 0 Å². The Kier molecular flexibility index (Phi) is 16.9. The number of nitrogens with two attached hydrogens (primary N) is 1. The Morgan fingerprint density at radius 3 is 2.12 bits per heavy atom. The molecule has 0 aliphatic carbocycles. The van der Waals surface area contributed by atoms with Crippen LogP contribution in [-0.2, 0) is 40.2 Å². The number of nitrogens with zero attached hydrogens (tertiary/aromatic N) is 1. The van der Waals surface area contributed by atoms with Crippen LogP contribution in [0, 0.1) is 5.92 Å². The molecule has 0 bridgehead atoms. The number of aliphatic hydroxyl groups is 1. The minimum absolute atomic E-state index is 0.0306. The first kappa shape index (κ1) is 40.7. The van der Waals surface area contributed by atoms with Crippen LogP contribution in [0.25, 0.3) is 0 Å². The molecule has 2 rings (SSSR count). The third kappa shape index (κ3) is 14.3. The van der Waals surface area contributed by atoms with Crippen molar-refractivity contribution in [3.63, 3.8) is 0 Å². The molecule has 1 aromatic rings. The normalized spacial score (nSPS) is 13.3. The number of imide groups is 1. The number of hydrogen-bond acceptors (Lipinski definition) is 10. The van der Waals surface area contributed by atoms with E-state index < -0.39 is 66.8 Å². The van der Waals surface area contributed by atoms with E-state index in [0.717, 1.165) is 17.1 Å². The van der Waals surface area contributed by atoms with Crippen molar-refractivity contribution in [3.05, 3.63) is 35.9 Å². The van der Waals surface area contributed by atoms with Crippen LogP contribution in [-0.4, -0.2) is 102 Å². The van der Waals surface area contributed by atoms with Crippen LogP contribution in [0.15, 0.2) is 30.4 Å². The molecular weight excluding hydrogens is 656 g/mol. The first-order valence-corrected chi connectivity index (χ1v) is 16.1. The number of aliphatic hydroxyl groups excluding tert-OH is 1. The molecule has 1 aliphatic rings. The maximum absolute atomic E-state index is 13.3. The quantitative estimate of drug-likeness (QED) is 0.0544. The predicted octanol–water partition coefficient (Wildman–Crippen LogP) is -1.47. The second kappa shape index (κ2) is 20.8. The highest BCUT2D eigenvalue weighted by atomic mass is 16.5. The summed E-state index contributed by atoms with van der Waals surface area (Å²) in [5.41, 5.74) is 5.68. The first-order chi connectivity index (χ1) is 23.7. The standard InChI is InChI=1S/C32H46N8O10/c1-19(2)29(37-20(3)42)31(48)39-23(6-4-12-36-32(33)49)30(47)38-22-8-7-21(17-41)24(16-22)50-18-26(44)35-14-5-13-34-25(43)11-15-40-27(45)9-10-28(40)46/h7-10,16,19,23,29,41H,4-6,11-15,17-18H2,1-3H3,(H,34,43)(H,35,44)(H,37,42)(H,38,47)(H,39,48)(H3,33,36,49)/t23-,29-/m0/s1. The van der Waals surface area contributed by atoms with Gasteiger partial charge in [-0.1, -0.05) is 19.9 Å². The van der Waals surface area contributed by atoms with Crippen molar-refractivity contribution >= 4 is 53.1 Å². The number of ether oxygens (including phenoxy) is 1. The molecule has 0 saturated heterocycles. The Hall–Kier alpha value is -5.52. The summed E-state index contributed by atoms with van der Waals surface area (Å²) in [5, 5.41) is 25.4. The zero-order valence-electron chi connectivity index (χ0n) is 28.3. The van der Waals surface area contributed by atoms with Gasteiger partial charge in [0.05, 0.1) is 6.61 Å². The molecular formula is C32H46N8O10. The van der Waals surface area contributed by atoms with Crippen LogP contribution >= 0.6 is 0 Å². The number of benzene rings is 1. The zero-order valence-corrected chi connectivity index (χ0v) is 28.3. The molecule has 1 aromatic carbocycles. The number of carbonyl (C=O) groups excluding carboxylic acids is 8. The highest BCUT2D eigenvalue weighted by Gasteiger charge is 2.28. The Balaban J connectivity index is 1.91. The summed E-state index contributed by atoms with van der Waals surface area (Å²) in [7, 11) is 0. The highest BCUT2D eigenvalue weighted by Crippen LogP contribution is 2.24. The smallest absolute Gasteiger partial charge is 0.312 e. The minimum atomic E-state index is -1.07. The number of carbonyl (C=O) groups is 8. The molecule has 2 atom stereocenters. The van der Waals surface area contributed by atoms with Gasteiger partial charge in [-0.25, -0.2) is 4.79 Å². The number of anilines is 1. The van der Waals surface area contributed by atoms with E-state index in [1.165, 1.54) is 25.1 Å². The lowest BCUT2D eigenvalue weighted by Gasteiger charge is -2.25. The fourth-order valence-corrected chi connectivity index (χ4v) is 4.62. The number of urea groups is 1. The van der Waals surface area contributed by atoms with Gasteiger partial charge in [0.25, 0.3) is 17.7 Å². The molecule has 1 heterocycles. The topological polar surface area (TPSA) is 267 Å². The van der Waals surface area contributed by atoms with Crippen molar-refractivity contribution in [3.8, 4) is 5.75 Å². The van der Waals surface area contributed by atoms with Gasteiger partial charge in [0.2, 0.25) is 23.6 Å². The van der Waals surface area contributed by atoms with E-state index in [0.29, 0.717) is 12.0 Å². The molecule has 274 valence electrons. The predicted molar refractivity (Wildman–Crippen MR) is 179 cm³/mol. The van der Waals surface area contributed by atoms with Crippen LogP contribution in [0.1, 0.15) is 52.0 Å². The maximum Gasteiger partial charge on any atom is 0.312 e. The first-order valence-electron chi connectivity index (χ1n) is 16.1. The van der Waals surface area contributed by atoms with E-state index in [2.05, 4.69) is 31.9 Å². The molecule has 0 unspecified atom stereocenters. The van der Waals surface area contributed by atoms with Gasteiger partial charge in [0.15, 0.2) is 6.61 Å². The zero-order chi connectivity index (χ0) is 37.2. The van der Waals surface area contributed by atoms with Gasteiger partial charge in [-0.05, 0) is 31.2 Å². The SMILES string of the molecule is CC(=O)N[C@H](C(=O)N[C@@H](CCCNC(N)=O)C(=O)Nc1ccc(CO)c(OCC(=O)NCCCNC(=O)CCN2C(=O)C=CC2=O)c1)C(C)C. The van der Waals surface area contributed by atoms with Crippen molar-refractivity contribution in [1.29, 1.82) is 0 Å². The third-order valence-electron chi connectivity index (χ3n) is 7.23. The molecule has 0 aromatic heterocycles. The molecule has 18 heteroatoms. The minimum Gasteiger partial charge on any atom is -0.483 e. The Bertz CT molecular complexity index is 1430. The van der Waals surface area contributed by atoms with Gasteiger partial charge >= 0.3 is 6.03 Å². The third-order valence-corrected chi connectivity index (χ3v) is 7.23. The summed E-state index contributed by atoms with van der Waals surface area (Å²) in [6.07, 6.45) is 3.03. The molecule has 0 saturated carbocycles. The van der Waals surface area contributed by atoms with Crippen LogP contribution in [0.4, 0.5) is 10.5 Å². The van der Waals surface area contributed by atoms with E-state index in [4.69, 9.17) is 10.5 Å². The molecule has 0 radical (unpaired) electrons. The van der Waals surface area contributed by atoms with E-state index >= 15 is 0 Å². The molecule has 0 fully saturated rings. The number of amides is 9. The van der Waals surface area contributed by atoms with Gasteiger partial charge in [-0.3, -0.25) is 38.5 Å². The monoisotopic (exact) mass is 702 g/mol. The van der Waals surface area contributed by atoms with Crippen LogP contribution in [0.3, 0.4) is 0 Å². The molecule has 1 aliphatic heterocycles. The van der Waals surface area contributed by atoms with Gasteiger partial charge in [-0.2, -0.15) is 0 Å². The second-order valence-electron chi connectivity index (χ2n) is 11.6. The lowest BCUT2D eigenvalue weighted by Crippen LogP contribution is -2.54. The lowest BCUT2D eigenvalue weighted by molar-refractivity contribution is -0.137. The van der Waals surface area contributed by atoms with Crippen molar-refractivity contribution in [2.45, 2.75) is 65.1 Å². The highest BCUT2D eigenvalue weighted by molar-refractivity contribution is 6.13. The second-order valence-corrected chi connectivity index (χ2v) is 11.6. The van der Waals surface area contributed by atoms with Gasteiger partial charge < -0.3 is 47.5 Å². The molecule has 50 heavy (non-hydrogen) atoms. The average Bonchev–Trinajstić information content (AvgIpc) is 3.38. The van der Waals surface area contributed by atoms with E-state index in [1.54, 1.807) is 13.8 Å².